The lowest BCUT2D eigenvalue weighted by Crippen LogP contribution is -2.55. The fourth-order valence-electron chi connectivity index (χ4n) is 3.88. The highest BCUT2D eigenvalue weighted by Crippen LogP contribution is 2.30. The zero-order valence-electron chi connectivity index (χ0n) is 16.4. The molecule has 0 aliphatic carbocycles. The highest BCUT2D eigenvalue weighted by Gasteiger charge is 2.52. The lowest BCUT2D eigenvalue weighted by Gasteiger charge is -2.36. The minimum atomic E-state index is -0.927. The molecule has 2 aliphatic heterocycles. The number of hydrogen-bond donors (Lipinski definition) is 1. The number of hydrogen-bond acceptors (Lipinski definition) is 3. The molecular weight excluding hydrogens is 402 g/mol. The predicted octanol–water partition coefficient (Wildman–Crippen LogP) is 3.47. The number of carbonyl (C=O) groups is 3. The maximum Gasteiger partial charge on any atom is 0.325 e. The molecule has 4 rings (SSSR count). The van der Waals surface area contributed by atoms with Crippen LogP contribution in [-0.2, 0) is 16.1 Å². The largest absolute Gasteiger partial charge is 0.339 e. The van der Waals surface area contributed by atoms with E-state index in [1.165, 1.54) is 4.90 Å². The molecule has 4 amide bonds. The second-order valence-corrected chi connectivity index (χ2v) is 8.04. The van der Waals surface area contributed by atoms with E-state index in [2.05, 4.69) is 5.32 Å². The first-order chi connectivity index (χ1) is 14.5. The Morgan fingerprint density at radius 2 is 1.70 bits per heavy atom. The van der Waals surface area contributed by atoms with Gasteiger partial charge in [0.05, 0.1) is 6.54 Å². The number of amides is 4. The van der Waals surface area contributed by atoms with Crippen molar-refractivity contribution in [3.8, 4) is 0 Å². The van der Waals surface area contributed by atoms with Crippen LogP contribution in [0.3, 0.4) is 0 Å². The van der Waals surface area contributed by atoms with E-state index in [9.17, 15) is 14.4 Å². The standard InChI is InChI=1S/C23H22ClN3O3/c24-19-9-6-18(7-10-19)16-27-21(29)23(25-22(27)30)12-14-26(15-13-23)20(28)11-8-17-4-2-1-3-5-17/h1-11H,12-16H2,(H,25,30)/b11-8+. The number of likely N-dealkylation sites (tertiary alicyclic amines) is 1. The van der Waals surface area contributed by atoms with Crippen LogP contribution >= 0.6 is 11.6 Å². The zero-order valence-corrected chi connectivity index (χ0v) is 17.1. The summed E-state index contributed by atoms with van der Waals surface area (Å²) in [5.41, 5.74) is 0.859. The third-order valence-corrected chi connectivity index (χ3v) is 5.90. The number of carbonyl (C=O) groups excluding carboxylic acids is 3. The summed E-state index contributed by atoms with van der Waals surface area (Å²) >= 11 is 5.90. The van der Waals surface area contributed by atoms with E-state index in [1.54, 1.807) is 41.3 Å². The highest BCUT2D eigenvalue weighted by atomic mass is 35.5. The molecule has 0 bridgehead atoms. The Morgan fingerprint density at radius 1 is 1.03 bits per heavy atom. The van der Waals surface area contributed by atoms with Gasteiger partial charge >= 0.3 is 6.03 Å². The number of rotatable bonds is 4. The van der Waals surface area contributed by atoms with Crippen molar-refractivity contribution in [1.29, 1.82) is 0 Å². The smallest absolute Gasteiger partial charge is 0.325 e. The van der Waals surface area contributed by atoms with Crippen molar-refractivity contribution in [1.82, 2.24) is 15.1 Å². The highest BCUT2D eigenvalue weighted by molar-refractivity contribution is 6.30. The molecule has 2 aromatic rings. The molecule has 2 aromatic carbocycles. The summed E-state index contributed by atoms with van der Waals surface area (Å²) in [4.78, 5) is 41.0. The van der Waals surface area contributed by atoms with Crippen LogP contribution in [0.25, 0.3) is 6.08 Å². The second-order valence-electron chi connectivity index (χ2n) is 7.60. The van der Waals surface area contributed by atoms with Crippen molar-refractivity contribution in [3.05, 3.63) is 76.8 Å². The minimum Gasteiger partial charge on any atom is -0.339 e. The quantitative estimate of drug-likeness (QED) is 0.604. The van der Waals surface area contributed by atoms with E-state index in [0.29, 0.717) is 31.0 Å². The van der Waals surface area contributed by atoms with Gasteiger partial charge in [0.15, 0.2) is 0 Å². The first kappa shape index (κ1) is 20.2. The van der Waals surface area contributed by atoms with Gasteiger partial charge in [-0.05, 0) is 42.2 Å². The van der Waals surface area contributed by atoms with Gasteiger partial charge in [0.25, 0.3) is 5.91 Å². The van der Waals surface area contributed by atoms with Crippen molar-refractivity contribution in [3.63, 3.8) is 0 Å². The van der Waals surface area contributed by atoms with Crippen LogP contribution in [0, 0.1) is 0 Å². The van der Waals surface area contributed by atoms with Gasteiger partial charge in [0.2, 0.25) is 5.91 Å². The summed E-state index contributed by atoms with van der Waals surface area (Å²) in [5, 5.41) is 3.48. The Bertz CT molecular complexity index is 981. The van der Waals surface area contributed by atoms with Crippen LogP contribution in [0.4, 0.5) is 4.79 Å². The topological polar surface area (TPSA) is 69.7 Å². The second kappa shape index (κ2) is 8.32. The van der Waals surface area contributed by atoms with Gasteiger partial charge in [-0.3, -0.25) is 14.5 Å². The lowest BCUT2D eigenvalue weighted by molar-refractivity contribution is -0.136. The fourth-order valence-corrected chi connectivity index (χ4v) is 4.00. The van der Waals surface area contributed by atoms with Crippen molar-refractivity contribution in [2.45, 2.75) is 24.9 Å². The van der Waals surface area contributed by atoms with Gasteiger partial charge in [-0.25, -0.2) is 4.79 Å². The summed E-state index contributed by atoms with van der Waals surface area (Å²) in [7, 11) is 0. The van der Waals surface area contributed by atoms with E-state index in [0.717, 1.165) is 11.1 Å². The Hall–Kier alpha value is -3.12. The Balaban J connectivity index is 1.38. The number of imide groups is 1. The fraction of sp³-hybridized carbons (Fsp3) is 0.261. The number of benzene rings is 2. The van der Waals surface area contributed by atoms with E-state index in [-0.39, 0.29) is 18.4 Å². The molecule has 0 aromatic heterocycles. The van der Waals surface area contributed by atoms with Crippen LogP contribution in [-0.4, -0.2) is 46.3 Å². The van der Waals surface area contributed by atoms with E-state index < -0.39 is 11.6 Å². The Morgan fingerprint density at radius 3 is 2.37 bits per heavy atom. The molecule has 6 nitrogen and oxygen atoms in total. The normalized spacial score (nSPS) is 18.3. The maximum absolute atomic E-state index is 13.1. The first-order valence-corrected chi connectivity index (χ1v) is 10.3. The summed E-state index contributed by atoms with van der Waals surface area (Å²) in [6.45, 7) is 1.03. The average molecular weight is 424 g/mol. The molecule has 1 N–H and O–H groups in total. The zero-order chi connectivity index (χ0) is 21.1. The molecule has 0 saturated carbocycles. The summed E-state index contributed by atoms with van der Waals surface area (Å²) in [5.74, 6) is -0.321. The van der Waals surface area contributed by atoms with E-state index >= 15 is 0 Å². The first-order valence-electron chi connectivity index (χ1n) is 9.87. The van der Waals surface area contributed by atoms with Gasteiger partial charge in [0.1, 0.15) is 5.54 Å². The van der Waals surface area contributed by atoms with Crippen molar-refractivity contribution in [2.24, 2.45) is 0 Å². The number of halogens is 1. The van der Waals surface area contributed by atoms with Gasteiger partial charge < -0.3 is 10.2 Å². The molecule has 1 spiro atoms. The number of piperidine rings is 1. The number of urea groups is 1. The third-order valence-electron chi connectivity index (χ3n) is 5.65. The van der Waals surface area contributed by atoms with Crippen LogP contribution in [0.15, 0.2) is 60.7 Å². The van der Waals surface area contributed by atoms with E-state index in [4.69, 9.17) is 11.6 Å². The molecule has 0 atom stereocenters. The minimum absolute atomic E-state index is 0.0940. The van der Waals surface area contributed by atoms with Crippen LogP contribution < -0.4 is 5.32 Å². The molecule has 2 saturated heterocycles. The van der Waals surface area contributed by atoms with Crippen LogP contribution in [0.1, 0.15) is 24.0 Å². The maximum atomic E-state index is 13.1. The molecule has 2 heterocycles. The molecular formula is C23H22ClN3O3. The van der Waals surface area contributed by atoms with Gasteiger partial charge in [0, 0.05) is 24.2 Å². The third kappa shape index (κ3) is 4.09. The number of nitrogens with one attached hydrogen (secondary N) is 1. The molecule has 7 heteroatoms. The molecule has 30 heavy (non-hydrogen) atoms. The molecule has 0 unspecified atom stereocenters. The average Bonchev–Trinajstić information content (AvgIpc) is 2.99. The SMILES string of the molecule is O=C(/C=C/c1ccccc1)N1CCC2(CC1)NC(=O)N(Cc1ccc(Cl)cc1)C2=O. The van der Waals surface area contributed by atoms with Crippen LogP contribution in [0.2, 0.25) is 5.02 Å². The summed E-state index contributed by atoms with van der Waals surface area (Å²) in [6, 6.07) is 16.3. The number of nitrogens with zero attached hydrogens (tertiary/aromatic N) is 2. The Labute approximate surface area is 180 Å². The lowest BCUT2D eigenvalue weighted by atomic mass is 9.87. The molecule has 2 fully saturated rings. The molecule has 0 radical (unpaired) electrons. The van der Waals surface area contributed by atoms with Gasteiger partial charge in [-0.2, -0.15) is 0 Å². The van der Waals surface area contributed by atoms with Crippen molar-refractivity contribution >= 4 is 35.5 Å². The monoisotopic (exact) mass is 423 g/mol. The van der Waals surface area contributed by atoms with Crippen LogP contribution in [0.5, 0.6) is 0 Å². The van der Waals surface area contributed by atoms with Crippen molar-refractivity contribution in [2.75, 3.05) is 13.1 Å². The molecule has 2 aliphatic rings. The Kier molecular flexibility index (Phi) is 5.59. The van der Waals surface area contributed by atoms with E-state index in [1.807, 2.05) is 30.3 Å². The van der Waals surface area contributed by atoms with Gasteiger partial charge in [-0.15, -0.1) is 0 Å². The summed E-state index contributed by atoms with van der Waals surface area (Å²) in [6.07, 6.45) is 4.14. The molecule has 154 valence electrons. The van der Waals surface area contributed by atoms with Crippen molar-refractivity contribution < 1.29 is 14.4 Å². The summed E-state index contributed by atoms with van der Waals surface area (Å²) < 4.78 is 0. The van der Waals surface area contributed by atoms with Gasteiger partial charge in [-0.1, -0.05) is 54.1 Å². The predicted molar refractivity (Wildman–Crippen MR) is 115 cm³/mol.